The van der Waals surface area contributed by atoms with Crippen molar-refractivity contribution < 1.29 is 9.13 Å². The number of para-hydroxylation sites is 2. The van der Waals surface area contributed by atoms with Crippen LogP contribution in [0.4, 0.5) is 4.39 Å². The lowest BCUT2D eigenvalue weighted by molar-refractivity contribution is 0.414. The average molecular weight is 364 g/mol. The van der Waals surface area contributed by atoms with E-state index in [9.17, 15) is 4.39 Å². The van der Waals surface area contributed by atoms with Gasteiger partial charge in [-0.25, -0.2) is 9.37 Å². The average Bonchev–Trinajstić information content (AvgIpc) is 3.06. The van der Waals surface area contributed by atoms with Gasteiger partial charge in [-0.15, -0.1) is 0 Å². The van der Waals surface area contributed by atoms with Crippen molar-refractivity contribution in [2.45, 2.75) is 10.9 Å². The van der Waals surface area contributed by atoms with Crippen molar-refractivity contribution in [3.63, 3.8) is 0 Å². The van der Waals surface area contributed by atoms with E-state index in [1.807, 2.05) is 54.6 Å². The van der Waals surface area contributed by atoms with Gasteiger partial charge in [0.25, 0.3) is 0 Å². The van der Waals surface area contributed by atoms with Gasteiger partial charge in [0.2, 0.25) is 0 Å². The van der Waals surface area contributed by atoms with E-state index in [4.69, 9.17) is 9.72 Å². The van der Waals surface area contributed by atoms with Crippen LogP contribution in [-0.2, 0) is 5.75 Å². The summed E-state index contributed by atoms with van der Waals surface area (Å²) < 4.78 is 20.5. The second kappa shape index (κ2) is 7.22. The van der Waals surface area contributed by atoms with Crippen LogP contribution < -0.4 is 4.74 Å². The van der Waals surface area contributed by atoms with Crippen molar-refractivity contribution in [2.75, 3.05) is 7.11 Å². The van der Waals surface area contributed by atoms with Crippen LogP contribution in [0.15, 0.2) is 78.0 Å². The standard InChI is InChI=1S/C21H17FN2OS/c1-25-18-12-10-17(11-13-18)24-20-5-3-2-4-19(20)23-21(24)26-14-15-6-8-16(22)9-7-15/h2-13H,14H2,1H3. The van der Waals surface area contributed by atoms with Gasteiger partial charge in [0.1, 0.15) is 11.6 Å². The number of rotatable bonds is 5. The fourth-order valence-corrected chi connectivity index (χ4v) is 3.79. The van der Waals surface area contributed by atoms with Crippen molar-refractivity contribution in [3.8, 4) is 11.4 Å². The summed E-state index contributed by atoms with van der Waals surface area (Å²) in [5, 5.41) is 0.903. The smallest absolute Gasteiger partial charge is 0.174 e. The number of aromatic nitrogens is 2. The van der Waals surface area contributed by atoms with E-state index in [0.717, 1.165) is 38.9 Å². The normalized spacial score (nSPS) is 11.0. The minimum Gasteiger partial charge on any atom is -0.497 e. The second-order valence-corrected chi connectivity index (χ2v) is 6.77. The number of benzene rings is 3. The molecule has 1 heterocycles. The van der Waals surface area contributed by atoms with Crippen LogP contribution in [0.25, 0.3) is 16.7 Å². The largest absolute Gasteiger partial charge is 0.497 e. The molecule has 0 atom stereocenters. The van der Waals surface area contributed by atoms with E-state index in [1.54, 1.807) is 18.9 Å². The fraction of sp³-hybridized carbons (Fsp3) is 0.0952. The van der Waals surface area contributed by atoms with Crippen molar-refractivity contribution in [2.24, 2.45) is 0 Å². The number of hydrogen-bond acceptors (Lipinski definition) is 3. The Kier molecular flexibility index (Phi) is 4.63. The predicted octanol–water partition coefficient (Wildman–Crippen LogP) is 5.47. The summed E-state index contributed by atoms with van der Waals surface area (Å²) in [6.45, 7) is 0. The summed E-state index contributed by atoms with van der Waals surface area (Å²) in [5.41, 5.74) is 4.09. The predicted molar refractivity (Wildman–Crippen MR) is 104 cm³/mol. The zero-order valence-electron chi connectivity index (χ0n) is 14.2. The molecule has 0 radical (unpaired) electrons. The third-order valence-electron chi connectivity index (χ3n) is 4.14. The molecule has 4 rings (SSSR count). The number of methoxy groups -OCH3 is 1. The summed E-state index contributed by atoms with van der Waals surface area (Å²) in [5.74, 6) is 1.32. The SMILES string of the molecule is COc1ccc(-n2c(SCc3ccc(F)cc3)nc3ccccc32)cc1. The number of hydrogen-bond donors (Lipinski definition) is 0. The summed E-state index contributed by atoms with van der Waals surface area (Å²) in [7, 11) is 1.66. The van der Waals surface area contributed by atoms with Crippen LogP contribution >= 0.6 is 11.8 Å². The van der Waals surface area contributed by atoms with Crippen molar-refractivity contribution in [1.29, 1.82) is 0 Å². The zero-order valence-corrected chi connectivity index (χ0v) is 15.0. The number of thioether (sulfide) groups is 1. The molecule has 0 aliphatic rings. The summed E-state index contributed by atoms with van der Waals surface area (Å²) in [6.07, 6.45) is 0. The molecule has 1 aromatic heterocycles. The van der Waals surface area contributed by atoms with Crippen LogP contribution in [0, 0.1) is 5.82 Å². The molecule has 3 aromatic carbocycles. The summed E-state index contributed by atoms with van der Waals surface area (Å²) in [6, 6.07) is 22.6. The monoisotopic (exact) mass is 364 g/mol. The van der Waals surface area contributed by atoms with Crippen molar-refractivity contribution >= 4 is 22.8 Å². The number of ether oxygens (including phenoxy) is 1. The molecule has 130 valence electrons. The van der Waals surface area contributed by atoms with Gasteiger partial charge in [-0.05, 0) is 54.1 Å². The molecule has 0 spiro atoms. The molecule has 26 heavy (non-hydrogen) atoms. The third kappa shape index (κ3) is 3.30. The van der Waals surface area contributed by atoms with Gasteiger partial charge in [-0.2, -0.15) is 0 Å². The fourth-order valence-electron chi connectivity index (χ4n) is 2.81. The highest BCUT2D eigenvalue weighted by atomic mass is 32.2. The van der Waals surface area contributed by atoms with Gasteiger partial charge in [0.15, 0.2) is 5.16 Å². The number of halogens is 1. The molecule has 0 unspecified atom stereocenters. The maximum atomic E-state index is 13.1. The number of nitrogens with zero attached hydrogens (tertiary/aromatic N) is 2. The van der Waals surface area contributed by atoms with Gasteiger partial charge in [-0.1, -0.05) is 36.0 Å². The Balaban J connectivity index is 1.72. The lowest BCUT2D eigenvalue weighted by Crippen LogP contribution is -1.97. The maximum absolute atomic E-state index is 13.1. The van der Waals surface area contributed by atoms with Crippen molar-refractivity contribution in [1.82, 2.24) is 9.55 Å². The second-order valence-electron chi connectivity index (χ2n) is 5.83. The van der Waals surface area contributed by atoms with E-state index in [-0.39, 0.29) is 5.82 Å². The topological polar surface area (TPSA) is 27.1 Å². The molecule has 0 aliphatic carbocycles. The van der Waals surface area contributed by atoms with Crippen LogP contribution in [0.5, 0.6) is 5.75 Å². The van der Waals surface area contributed by atoms with Crippen LogP contribution in [-0.4, -0.2) is 16.7 Å². The minimum atomic E-state index is -0.218. The molecule has 3 nitrogen and oxygen atoms in total. The van der Waals surface area contributed by atoms with E-state index >= 15 is 0 Å². The molecule has 0 saturated carbocycles. The quantitative estimate of drug-likeness (QED) is 0.440. The van der Waals surface area contributed by atoms with E-state index in [0.29, 0.717) is 0 Å². The Morgan fingerprint density at radius 1 is 0.962 bits per heavy atom. The highest BCUT2D eigenvalue weighted by Crippen LogP contribution is 2.30. The Bertz CT molecular complexity index is 1030. The summed E-state index contributed by atoms with van der Waals surface area (Å²) in [4.78, 5) is 4.78. The lowest BCUT2D eigenvalue weighted by Gasteiger charge is -2.10. The highest BCUT2D eigenvalue weighted by Gasteiger charge is 2.13. The first-order valence-corrected chi connectivity index (χ1v) is 9.22. The molecular weight excluding hydrogens is 347 g/mol. The minimum absolute atomic E-state index is 0.218. The Labute approximate surface area is 155 Å². The molecule has 0 bridgehead atoms. The van der Waals surface area contributed by atoms with Gasteiger partial charge in [0, 0.05) is 11.4 Å². The zero-order chi connectivity index (χ0) is 17.9. The molecular formula is C21H17FN2OS. The van der Waals surface area contributed by atoms with E-state index in [2.05, 4.69) is 10.6 Å². The first-order chi connectivity index (χ1) is 12.7. The molecule has 4 aromatic rings. The maximum Gasteiger partial charge on any atom is 0.174 e. The third-order valence-corrected chi connectivity index (χ3v) is 5.15. The van der Waals surface area contributed by atoms with Crippen molar-refractivity contribution in [3.05, 3.63) is 84.2 Å². The Morgan fingerprint density at radius 2 is 1.69 bits per heavy atom. The van der Waals surface area contributed by atoms with Crippen LogP contribution in [0.2, 0.25) is 0 Å². The molecule has 5 heteroatoms. The highest BCUT2D eigenvalue weighted by molar-refractivity contribution is 7.98. The van der Waals surface area contributed by atoms with Gasteiger partial charge >= 0.3 is 0 Å². The first-order valence-electron chi connectivity index (χ1n) is 8.24. The Morgan fingerprint density at radius 3 is 2.42 bits per heavy atom. The van der Waals surface area contributed by atoms with Gasteiger partial charge in [-0.3, -0.25) is 4.57 Å². The molecule has 0 fully saturated rings. The van der Waals surface area contributed by atoms with E-state index < -0.39 is 0 Å². The van der Waals surface area contributed by atoms with Gasteiger partial charge < -0.3 is 4.74 Å². The summed E-state index contributed by atoms with van der Waals surface area (Å²) >= 11 is 1.63. The van der Waals surface area contributed by atoms with Crippen LogP contribution in [0.3, 0.4) is 0 Å². The Hall–Kier alpha value is -2.79. The van der Waals surface area contributed by atoms with E-state index in [1.165, 1.54) is 12.1 Å². The molecule has 0 N–H and O–H groups in total. The number of imidazole rings is 1. The first kappa shape index (κ1) is 16.7. The molecule has 0 aliphatic heterocycles. The molecule has 0 saturated heterocycles. The van der Waals surface area contributed by atoms with Crippen LogP contribution in [0.1, 0.15) is 5.56 Å². The molecule has 0 amide bonds. The number of fused-ring (bicyclic) bond motifs is 1. The van der Waals surface area contributed by atoms with Gasteiger partial charge in [0.05, 0.1) is 18.1 Å². The lowest BCUT2D eigenvalue weighted by atomic mass is 10.2.